The second kappa shape index (κ2) is 5.99. The van der Waals surface area contributed by atoms with Crippen LogP contribution in [0.1, 0.15) is 39.5 Å². The molecule has 2 rings (SSSR count). The first-order valence-corrected chi connectivity index (χ1v) is 6.72. The summed E-state index contributed by atoms with van der Waals surface area (Å²) in [6.45, 7) is 7.28. The van der Waals surface area contributed by atoms with E-state index in [4.69, 9.17) is 9.47 Å². The summed E-state index contributed by atoms with van der Waals surface area (Å²) >= 11 is 0. The molecule has 0 aromatic carbocycles. The standard InChI is InChI=1S/C13H25NO2/c1-10(2)13(16-12-8-15-9-12)7-11-5-3-4-6-14-11/h10-14H,3-9H2,1-2H3. The topological polar surface area (TPSA) is 30.5 Å². The Kier molecular flexibility index (Phi) is 4.62. The number of hydrogen-bond acceptors (Lipinski definition) is 3. The number of hydrogen-bond donors (Lipinski definition) is 1. The molecule has 94 valence electrons. The fourth-order valence-corrected chi connectivity index (χ4v) is 2.43. The van der Waals surface area contributed by atoms with Crippen LogP contribution in [0, 0.1) is 5.92 Å². The minimum atomic E-state index is 0.357. The van der Waals surface area contributed by atoms with Gasteiger partial charge in [-0.15, -0.1) is 0 Å². The highest BCUT2D eigenvalue weighted by atomic mass is 16.6. The van der Waals surface area contributed by atoms with Crippen molar-refractivity contribution in [3.05, 3.63) is 0 Å². The third kappa shape index (κ3) is 3.44. The van der Waals surface area contributed by atoms with E-state index in [1.54, 1.807) is 0 Å². The molecule has 0 aliphatic carbocycles. The van der Waals surface area contributed by atoms with E-state index in [0.29, 0.717) is 24.2 Å². The first kappa shape index (κ1) is 12.3. The summed E-state index contributed by atoms with van der Waals surface area (Å²) in [6.07, 6.45) is 5.93. The smallest absolute Gasteiger partial charge is 0.104 e. The van der Waals surface area contributed by atoms with E-state index in [1.807, 2.05) is 0 Å². The van der Waals surface area contributed by atoms with E-state index < -0.39 is 0 Å². The molecule has 0 saturated carbocycles. The maximum Gasteiger partial charge on any atom is 0.104 e. The third-order valence-corrected chi connectivity index (χ3v) is 3.65. The van der Waals surface area contributed by atoms with Crippen LogP contribution >= 0.6 is 0 Å². The van der Waals surface area contributed by atoms with Gasteiger partial charge in [0.2, 0.25) is 0 Å². The molecule has 1 N–H and O–H groups in total. The Morgan fingerprint density at radius 3 is 2.62 bits per heavy atom. The molecular weight excluding hydrogens is 202 g/mol. The fourth-order valence-electron chi connectivity index (χ4n) is 2.43. The average Bonchev–Trinajstić information content (AvgIpc) is 2.22. The molecule has 2 heterocycles. The lowest BCUT2D eigenvalue weighted by atomic mass is 9.94. The number of piperidine rings is 1. The van der Waals surface area contributed by atoms with Crippen molar-refractivity contribution in [2.24, 2.45) is 5.92 Å². The first-order chi connectivity index (χ1) is 7.75. The average molecular weight is 227 g/mol. The molecule has 2 aliphatic rings. The highest BCUT2D eigenvalue weighted by molar-refractivity contribution is 4.79. The highest BCUT2D eigenvalue weighted by Crippen LogP contribution is 2.21. The lowest BCUT2D eigenvalue weighted by molar-refractivity contribution is -0.165. The Balaban J connectivity index is 1.76. The van der Waals surface area contributed by atoms with Crippen molar-refractivity contribution in [2.45, 2.75) is 57.8 Å². The summed E-state index contributed by atoms with van der Waals surface area (Å²) in [4.78, 5) is 0. The largest absolute Gasteiger partial charge is 0.376 e. The van der Waals surface area contributed by atoms with Gasteiger partial charge in [-0.3, -0.25) is 0 Å². The van der Waals surface area contributed by atoms with Crippen LogP contribution < -0.4 is 5.32 Å². The number of rotatable bonds is 5. The fraction of sp³-hybridized carbons (Fsp3) is 1.00. The van der Waals surface area contributed by atoms with Gasteiger partial charge in [0.1, 0.15) is 6.10 Å². The van der Waals surface area contributed by atoms with Gasteiger partial charge < -0.3 is 14.8 Å². The molecule has 3 heteroatoms. The van der Waals surface area contributed by atoms with Crippen LogP contribution in [-0.2, 0) is 9.47 Å². The van der Waals surface area contributed by atoms with Gasteiger partial charge in [0.15, 0.2) is 0 Å². The molecule has 2 atom stereocenters. The van der Waals surface area contributed by atoms with E-state index in [1.165, 1.54) is 25.8 Å². The third-order valence-electron chi connectivity index (χ3n) is 3.65. The highest BCUT2D eigenvalue weighted by Gasteiger charge is 2.27. The van der Waals surface area contributed by atoms with E-state index in [0.717, 1.165) is 19.6 Å². The summed E-state index contributed by atoms with van der Waals surface area (Å²) < 4.78 is 11.3. The van der Waals surface area contributed by atoms with Crippen LogP contribution in [0.5, 0.6) is 0 Å². The Bertz CT molecular complexity index is 198. The van der Waals surface area contributed by atoms with E-state index >= 15 is 0 Å². The van der Waals surface area contributed by atoms with Crippen LogP contribution in [0.25, 0.3) is 0 Å². The summed E-state index contributed by atoms with van der Waals surface area (Å²) in [5.41, 5.74) is 0. The van der Waals surface area contributed by atoms with Crippen molar-refractivity contribution < 1.29 is 9.47 Å². The molecular formula is C13H25NO2. The van der Waals surface area contributed by atoms with Crippen molar-refractivity contribution >= 4 is 0 Å². The minimum absolute atomic E-state index is 0.357. The van der Waals surface area contributed by atoms with Crippen molar-refractivity contribution in [2.75, 3.05) is 19.8 Å². The van der Waals surface area contributed by atoms with Gasteiger partial charge in [0.25, 0.3) is 0 Å². The minimum Gasteiger partial charge on any atom is -0.376 e. The van der Waals surface area contributed by atoms with Crippen LogP contribution in [-0.4, -0.2) is 38.0 Å². The Morgan fingerprint density at radius 2 is 2.12 bits per heavy atom. The molecule has 0 radical (unpaired) electrons. The zero-order valence-corrected chi connectivity index (χ0v) is 10.6. The molecule has 0 aromatic heterocycles. The van der Waals surface area contributed by atoms with Crippen molar-refractivity contribution in [1.29, 1.82) is 0 Å². The van der Waals surface area contributed by atoms with Gasteiger partial charge >= 0.3 is 0 Å². The monoisotopic (exact) mass is 227 g/mol. The first-order valence-electron chi connectivity index (χ1n) is 6.72. The van der Waals surface area contributed by atoms with Crippen molar-refractivity contribution in [1.82, 2.24) is 5.32 Å². The molecule has 0 spiro atoms. The normalized spacial score (nSPS) is 29.1. The van der Waals surface area contributed by atoms with Crippen LogP contribution in [0.3, 0.4) is 0 Å². The Labute approximate surface area is 98.9 Å². The summed E-state index contributed by atoms with van der Waals surface area (Å²) in [6, 6.07) is 0.669. The summed E-state index contributed by atoms with van der Waals surface area (Å²) in [5.74, 6) is 0.601. The Hall–Kier alpha value is -0.120. The van der Waals surface area contributed by atoms with Gasteiger partial charge in [-0.1, -0.05) is 20.3 Å². The maximum atomic E-state index is 6.09. The predicted octanol–water partition coefficient (Wildman–Crippen LogP) is 1.96. The SMILES string of the molecule is CC(C)C(CC1CCCCN1)OC1COC1. The molecule has 0 aromatic rings. The molecule has 2 saturated heterocycles. The molecule has 2 aliphatic heterocycles. The van der Waals surface area contributed by atoms with E-state index in [2.05, 4.69) is 19.2 Å². The lowest BCUT2D eigenvalue weighted by Gasteiger charge is -2.35. The van der Waals surface area contributed by atoms with Gasteiger partial charge in [-0.25, -0.2) is 0 Å². The molecule has 2 unspecified atom stereocenters. The maximum absolute atomic E-state index is 6.09. The van der Waals surface area contributed by atoms with Crippen molar-refractivity contribution in [3.8, 4) is 0 Å². The van der Waals surface area contributed by atoms with Gasteiger partial charge in [0, 0.05) is 6.04 Å². The molecule has 3 nitrogen and oxygen atoms in total. The van der Waals surface area contributed by atoms with Crippen molar-refractivity contribution in [3.63, 3.8) is 0 Å². The zero-order chi connectivity index (χ0) is 11.4. The molecule has 2 fully saturated rings. The zero-order valence-electron chi connectivity index (χ0n) is 10.6. The predicted molar refractivity (Wildman–Crippen MR) is 64.6 cm³/mol. The van der Waals surface area contributed by atoms with Gasteiger partial charge in [0.05, 0.1) is 19.3 Å². The molecule has 0 amide bonds. The van der Waals surface area contributed by atoms with Crippen LogP contribution in [0.2, 0.25) is 0 Å². The quantitative estimate of drug-likeness (QED) is 0.779. The van der Waals surface area contributed by atoms with Crippen LogP contribution in [0.15, 0.2) is 0 Å². The molecule has 0 bridgehead atoms. The second-order valence-electron chi connectivity index (χ2n) is 5.46. The van der Waals surface area contributed by atoms with Crippen LogP contribution in [0.4, 0.5) is 0 Å². The lowest BCUT2D eigenvalue weighted by Crippen LogP contribution is -2.44. The Morgan fingerprint density at radius 1 is 1.31 bits per heavy atom. The van der Waals surface area contributed by atoms with Gasteiger partial charge in [-0.05, 0) is 31.7 Å². The number of nitrogens with one attached hydrogen (secondary N) is 1. The van der Waals surface area contributed by atoms with E-state index in [9.17, 15) is 0 Å². The molecule has 16 heavy (non-hydrogen) atoms. The van der Waals surface area contributed by atoms with Gasteiger partial charge in [-0.2, -0.15) is 0 Å². The number of ether oxygens (including phenoxy) is 2. The second-order valence-corrected chi connectivity index (χ2v) is 5.46. The summed E-state index contributed by atoms with van der Waals surface area (Å²) in [5, 5.41) is 3.60. The summed E-state index contributed by atoms with van der Waals surface area (Å²) in [7, 11) is 0. The van der Waals surface area contributed by atoms with E-state index in [-0.39, 0.29) is 0 Å².